The molecule has 2 heterocycles. The van der Waals surface area contributed by atoms with Crippen LogP contribution in [0.4, 0.5) is 0 Å². The van der Waals surface area contributed by atoms with E-state index in [9.17, 15) is 4.79 Å². The van der Waals surface area contributed by atoms with Crippen molar-refractivity contribution in [2.75, 3.05) is 0 Å². The number of hydrogen-bond acceptors (Lipinski definition) is 4. The van der Waals surface area contributed by atoms with Crippen molar-refractivity contribution in [2.24, 2.45) is 7.05 Å². The van der Waals surface area contributed by atoms with E-state index in [1.165, 1.54) is 10.9 Å². The lowest BCUT2D eigenvalue weighted by molar-refractivity contribution is 0.613. The summed E-state index contributed by atoms with van der Waals surface area (Å²) in [6.07, 6.45) is 6.54. The Morgan fingerprint density at radius 1 is 1.64 bits per heavy atom. The van der Waals surface area contributed by atoms with Crippen molar-refractivity contribution in [2.45, 2.75) is 6.54 Å². The molecule has 0 amide bonds. The zero-order valence-electron chi connectivity index (χ0n) is 7.51. The molecule has 0 aromatic carbocycles. The maximum absolute atomic E-state index is 11.6. The van der Waals surface area contributed by atoms with Gasteiger partial charge in [-0.15, -0.1) is 11.5 Å². The van der Waals surface area contributed by atoms with Crippen molar-refractivity contribution < 1.29 is 0 Å². The summed E-state index contributed by atoms with van der Waals surface area (Å²) in [5.41, 5.74) is 0.198. The molecule has 70 valence electrons. The minimum Gasteiger partial charge on any atom is -0.267 e. The Morgan fingerprint density at radius 3 is 3.14 bits per heavy atom. The zero-order valence-corrected chi connectivity index (χ0v) is 7.51. The largest absolute Gasteiger partial charge is 0.281 e. The van der Waals surface area contributed by atoms with Gasteiger partial charge in [0.25, 0.3) is 5.56 Å². The molecule has 0 N–H and O–H groups in total. The molecule has 6 nitrogen and oxygen atoms in total. The van der Waals surface area contributed by atoms with Crippen LogP contribution in [0.3, 0.4) is 0 Å². The van der Waals surface area contributed by atoms with Crippen LogP contribution in [0.1, 0.15) is 0 Å². The Kier molecular flexibility index (Phi) is 1.78. The van der Waals surface area contributed by atoms with Crippen molar-refractivity contribution in [3.63, 3.8) is 0 Å². The van der Waals surface area contributed by atoms with Gasteiger partial charge in [0.15, 0.2) is 5.65 Å². The summed E-state index contributed by atoms with van der Waals surface area (Å²) in [4.78, 5) is 11.6. The number of aryl methyl sites for hydroxylation is 1. The third-order valence-corrected chi connectivity index (χ3v) is 1.86. The molecule has 0 aliphatic rings. The molecule has 0 radical (unpaired) electrons. The number of nitrogens with zero attached hydrogens (tertiary/aromatic N) is 5. The molecule has 0 saturated carbocycles. The Morgan fingerprint density at radius 2 is 2.43 bits per heavy atom. The third kappa shape index (κ3) is 1.07. The minimum absolute atomic E-state index is 0.122. The van der Waals surface area contributed by atoms with Crippen molar-refractivity contribution in [1.82, 2.24) is 24.8 Å². The van der Waals surface area contributed by atoms with Crippen molar-refractivity contribution in [1.29, 1.82) is 0 Å². The van der Waals surface area contributed by atoms with E-state index in [1.807, 2.05) is 0 Å². The summed E-state index contributed by atoms with van der Waals surface area (Å²) in [6.45, 7) is 0.122. The molecule has 2 rings (SSSR count). The standard InChI is InChI=1S/C8H7N5O/c1-3-4-13-8(14)6-5-9-12(2)7(6)10-11-13/h1,5H,4H2,2H3. The highest BCUT2D eigenvalue weighted by Gasteiger charge is 2.07. The summed E-state index contributed by atoms with van der Waals surface area (Å²) < 4.78 is 2.62. The van der Waals surface area contributed by atoms with Gasteiger partial charge in [0, 0.05) is 7.05 Å². The van der Waals surface area contributed by atoms with Gasteiger partial charge in [-0.05, 0) is 0 Å². The number of rotatable bonds is 1. The van der Waals surface area contributed by atoms with Crippen LogP contribution in [0.2, 0.25) is 0 Å². The molecule has 2 aromatic rings. The summed E-state index contributed by atoms with van der Waals surface area (Å²) in [5, 5.41) is 11.9. The number of aromatic nitrogens is 5. The summed E-state index contributed by atoms with van der Waals surface area (Å²) in [7, 11) is 1.70. The van der Waals surface area contributed by atoms with Gasteiger partial charge in [-0.3, -0.25) is 4.79 Å². The van der Waals surface area contributed by atoms with Gasteiger partial charge in [-0.1, -0.05) is 11.1 Å². The lowest BCUT2D eigenvalue weighted by Gasteiger charge is -1.97. The predicted octanol–water partition coefficient (Wildman–Crippen LogP) is -0.842. The van der Waals surface area contributed by atoms with E-state index < -0.39 is 0 Å². The Bertz CT molecular complexity index is 573. The predicted molar refractivity (Wildman–Crippen MR) is 49.4 cm³/mol. The third-order valence-electron chi connectivity index (χ3n) is 1.86. The van der Waals surface area contributed by atoms with Gasteiger partial charge in [0.05, 0.1) is 6.20 Å². The molecule has 6 heteroatoms. The smallest absolute Gasteiger partial charge is 0.267 e. The van der Waals surface area contributed by atoms with Crippen LogP contribution >= 0.6 is 0 Å². The topological polar surface area (TPSA) is 65.6 Å². The Labute approximate surface area is 79.1 Å². The summed E-state index contributed by atoms with van der Waals surface area (Å²) >= 11 is 0. The fraction of sp³-hybridized carbons (Fsp3) is 0.250. The second kappa shape index (κ2) is 2.96. The van der Waals surface area contributed by atoms with Crippen molar-refractivity contribution >= 4 is 11.0 Å². The van der Waals surface area contributed by atoms with Gasteiger partial charge >= 0.3 is 0 Å². The second-order valence-electron chi connectivity index (χ2n) is 2.76. The fourth-order valence-corrected chi connectivity index (χ4v) is 1.17. The first-order chi connectivity index (χ1) is 6.74. The molecule has 2 aromatic heterocycles. The normalized spacial score (nSPS) is 10.3. The first-order valence-corrected chi connectivity index (χ1v) is 3.93. The zero-order chi connectivity index (χ0) is 10.1. The number of terminal acetylenes is 1. The average Bonchev–Trinajstić information content (AvgIpc) is 2.54. The maximum Gasteiger partial charge on any atom is 0.281 e. The van der Waals surface area contributed by atoms with E-state index in [0.717, 1.165) is 4.68 Å². The van der Waals surface area contributed by atoms with Crippen LogP contribution in [0.15, 0.2) is 11.0 Å². The van der Waals surface area contributed by atoms with Gasteiger partial charge in [-0.25, -0.2) is 4.68 Å². The average molecular weight is 189 g/mol. The first-order valence-electron chi connectivity index (χ1n) is 3.93. The minimum atomic E-state index is -0.263. The van der Waals surface area contributed by atoms with E-state index in [4.69, 9.17) is 6.42 Å². The van der Waals surface area contributed by atoms with Gasteiger partial charge in [0.1, 0.15) is 11.9 Å². The van der Waals surface area contributed by atoms with Gasteiger partial charge < -0.3 is 0 Å². The Hall–Kier alpha value is -2.16. The van der Waals surface area contributed by atoms with Crippen LogP contribution in [-0.2, 0) is 13.6 Å². The van der Waals surface area contributed by atoms with Crippen molar-refractivity contribution in [3.05, 3.63) is 16.6 Å². The molecule has 0 atom stereocenters. The van der Waals surface area contributed by atoms with Crippen LogP contribution in [0.5, 0.6) is 0 Å². The molecule has 0 aliphatic carbocycles. The molecular formula is C8H7N5O. The molecule has 0 bridgehead atoms. The van der Waals surface area contributed by atoms with E-state index in [2.05, 4.69) is 21.3 Å². The molecule has 14 heavy (non-hydrogen) atoms. The fourth-order valence-electron chi connectivity index (χ4n) is 1.17. The van der Waals surface area contributed by atoms with Gasteiger partial charge in [-0.2, -0.15) is 9.78 Å². The number of fused-ring (bicyclic) bond motifs is 1. The lowest BCUT2D eigenvalue weighted by atomic mass is 10.4. The van der Waals surface area contributed by atoms with Crippen LogP contribution in [-0.4, -0.2) is 24.8 Å². The molecule has 0 saturated heterocycles. The van der Waals surface area contributed by atoms with Crippen molar-refractivity contribution in [3.8, 4) is 12.3 Å². The Balaban J connectivity index is 2.78. The number of hydrogen-bond donors (Lipinski definition) is 0. The molecular weight excluding hydrogens is 182 g/mol. The highest BCUT2D eigenvalue weighted by Crippen LogP contribution is 2.00. The lowest BCUT2D eigenvalue weighted by Crippen LogP contribution is -2.23. The maximum atomic E-state index is 11.6. The molecule has 0 fully saturated rings. The molecule has 0 aliphatic heterocycles. The molecule has 0 spiro atoms. The van der Waals surface area contributed by atoms with E-state index in [0.29, 0.717) is 11.0 Å². The van der Waals surface area contributed by atoms with E-state index >= 15 is 0 Å². The van der Waals surface area contributed by atoms with Crippen LogP contribution in [0.25, 0.3) is 11.0 Å². The second-order valence-corrected chi connectivity index (χ2v) is 2.76. The van der Waals surface area contributed by atoms with Gasteiger partial charge in [0.2, 0.25) is 0 Å². The van der Waals surface area contributed by atoms with Crippen LogP contribution in [0, 0.1) is 12.3 Å². The van der Waals surface area contributed by atoms with E-state index in [1.54, 1.807) is 7.05 Å². The highest BCUT2D eigenvalue weighted by molar-refractivity contribution is 5.72. The SMILES string of the molecule is C#CCn1nnc2c(cnn2C)c1=O. The van der Waals surface area contributed by atoms with Crippen LogP contribution < -0.4 is 5.56 Å². The monoisotopic (exact) mass is 189 g/mol. The first kappa shape index (κ1) is 8.44. The molecule has 0 unspecified atom stereocenters. The summed E-state index contributed by atoms with van der Waals surface area (Å²) in [5.74, 6) is 2.33. The highest BCUT2D eigenvalue weighted by atomic mass is 16.1. The quantitative estimate of drug-likeness (QED) is 0.548. The summed E-state index contributed by atoms with van der Waals surface area (Å²) in [6, 6.07) is 0. The van der Waals surface area contributed by atoms with E-state index in [-0.39, 0.29) is 12.1 Å².